The van der Waals surface area contributed by atoms with E-state index in [1.54, 1.807) is 7.11 Å². The molecule has 0 bridgehead atoms. The van der Waals surface area contributed by atoms with Gasteiger partial charge in [-0.2, -0.15) is 0 Å². The van der Waals surface area contributed by atoms with Crippen LogP contribution in [0, 0.1) is 20.8 Å². The zero-order chi connectivity index (χ0) is 35.6. The van der Waals surface area contributed by atoms with Crippen LogP contribution in [0.2, 0.25) is 0 Å². The van der Waals surface area contributed by atoms with Crippen LogP contribution in [0.4, 0.5) is 0 Å². The van der Waals surface area contributed by atoms with Gasteiger partial charge in [-0.25, -0.2) is 4.79 Å². The van der Waals surface area contributed by atoms with Gasteiger partial charge in [-0.3, -0.25) is 4.79 Å². The molecule has 7 heteroatoms. The second-order valence-corrected chi connectivity index (χ2v) is 12.7. The second kappa shape index (κ2) is 14.1. The molecule has 0 unspecified atom stereocenters. The Morgan fingerprint density at radius 2 is 1.37 bits per heavy atom. The lowest BCUT2D eigenvalue weighted by Crippen LogP contribution is -2.11. The molecule has 0 radical (unpaired) electrons. The number of hydrogen-bond donors (Lipinski definition) is 0. The van der Waals surface area contributed by atoms with Crippen molar-refractivity contribution < 1.29 is 23.9 Å². The monoisotopic (exact) mass is 674 g/mol. The van der Waals surface area contributed by atoms with Crippen LogP contribution in [0.3, 0.4) is 0 Å². The van der Waals surface area contributed by atoms with Gasteiger partial charge in [0.05, 0.1) is 17.6 Å². The Morgan fingerprint density at radius 1 is 0.686 bits per heavy atom. The van der Waals surface area contributed by atoms with Crippen molar-refractivity contribution in [3.05, 3.63) is 154 Å². The minimum absolute atomic E-state index is 0.0147. The Bertz CT molecular complexity index is 2470. The Labute approximate surface area is 296 Å². The van der Waals surface area contributed by atoms with E-state index in [0.29, 0.717) is 41.4 Å². The van der Waals surface area contributed by atoms with Gasteiger partial charge in [0.25, 0.3) is 0 Å². The normalized spacial score (nSPS) is 11.7. The van der Waals surface area contributed by atoms with Gasteiger partial charge in [0.2, 0.25) is 0 Å². The predicted molar refractivity (Wildman–Crippen MR) is 204 cm³/mol. The van der Waals surface area contributed by atoms with E-state index in [-0.39, 0.29) is 5.78 Å². The van der Waals surface area contributed by atoms with Crippen molar-refractivity contribution in [1.82, 2.24) is 4.57 Å². The maximum atomic E-state index is 14.6. The van der Waals surface area contributed by atoms with Crippen LogP contribution < -0.4 is 4.74 Å². The number of carbonyl (C=O) groups is 2. The van der Waals surface area contributed by atoms with E-state index in [2.05, 4.69) is 59.1 Å². The molecule has 0 amide bonds. The number of benzene rings is 6. The first-order chi connectivity index (χ1) is 24.8. The highest BCUT2D eigenvalue weighted by Crippen LogP contribution is 2.40. The molecule has 6 aromatic carbocycles. The van der Waals surface area contributed by atoms with Gasteiger partial charge in [-0.05, 0) is 79.7 Å². The molecule has 0 aliphatic rings. The third-order valence-corrected chi connectivity index (χ3v) is 9.16. The number of rotatable bonds is 10. The quantitative estimate of drug-likeness (QED) is 0.0475. The maximum absolute atomic E-state index is 14.6. The highest BCUT2D eigenvalue weighted by Gasteiger charge is 2.24. The molecule has 1 aromatic heterocycles. The largest absolute Gasteiger partial charge is 0.490 e. The number of para-hydroxylation sites is 2. The van der Waals surface area contributed by atoms with Crippen molar-refractivity contribution in [3.8, 4) is 11.4 Å². The van der Waals surface area contributed by atoms with E-state index in [1.165, 1.54) is 6.92 Å². The maximum Gasteiger partial charge on any atom is 0.332 e. The van der Waals surface area contributed by atoms with Gasteiger partial charge >= 0.3 is 5.97 Å². The van der Waals surface area contributed by atoms with Crippen molar-refractivity contribution in [1.29, 1.82) is 0 Å². The zero-order valence-electron chi connectivity index (χ0n) is 29.3. The van der Waals surface area contributed by atoms with Gasteiger partial charge in [0.15, 0.2) is 5.78 Å². The van der Waals surface area contributed by atoms with Crippen molar-refractivity contribution in [3.63, 3.8) is 0 Å². The van der Waals surface area contributed by atoms with E-state index < -0.39 is 5.97 Å². The molecule has 0 spiro atoms. The van der Waals surface area contributed by atoms with Gasteiger partial charge < -0.3 is 18.9 Å². The molecule has 0 atom stereocenters. The molecule has 254 valence electrons. The molecular formula is C44H38N2O5. The number of aromatic nitrogens is 1. The number of methoxy groups -OCH3 is 1. The predicted octanol–water partition coefficient (Wildman–Crippen LogP) is 9.43. The molecular weight excluding hydrogens is 636 g/mol. The van der Waals surface area contributed by atoms with Crippen LogP contribution in [0.1, 0.15) is 50.7 Å². The van der Waals surface area contributed by atoms with E-state index in [0.717, 1.165) is 60.5 Å². The van der Waals surface area contributed by atoms with Crippen molar-refractivity contribution in [2.75, 3.05) is 20.3 Å². The molecule has 0 aliphatic carbocycles. The molecule has 7 aromatic rings. The van der Waals surface area contributed by atoms with E-state index in [9.17, 15) is 9.59 Å². The smallest absolute Gasteiger partial charge is 0.332 e. The van der Waals surface area contributed by atoms with Crippen LogP contribution in [0.5, 0.6) is 5.75 Å². The first-order valence-corrected chi connectivity index (χ1v) is 16.9. The minimum Gasteiger partial charge on any atom is -0.490 e. The highest BCUT2D eigenvalue weighted by molar-refractivity contribution is 6.27. The second-order valence-electron chi connectivity index (χ2n) is 12.7. The van der Waals surface area contributed by atoms with Crippen LogP contribution in [-0.2, 0) is 14.4 Å². The van der Waals surface area contributed by atoms with Gasteiger partial charge in [-0.15, -0.1) is 0 Å². The number of nitrogens with zero attached hydrogens (tertiary/aromatic N) is 2. The van der Waals surface area contributed by atoms with Crippen LogP contribution in [0.25, 0.3) is 38.3 Å². The summed E-state index contributed by atoms with van der Waals surface area (Å²) in [5.74, 6) is 0.0254. The van der Waals surface area contributed by atoms with Crippen molar-refractivity contribution in [2.45, 2.75) is 27.7 Å². The molecule has 0 aliphatic heterocycles. The molecule has 0 N–H and O–H groups in total. The van der Waals surface area contributed by atoms with E-state index in [1.807, 2.05) is 86.6 Å². The third kappa shape index (κ3) is 6.28. The number of oxime groups is 1. The molecule has 0 saturated carbocycles. The molecule has 7 nitrogen and oxygen atoms in total. The van der Waals surface area contributed by atoms with Crippen LogP contribution in [-0.4, -0.2) is 42.4 Å². The average Bonchev–Trinajstić information content (AvgIpc) is 3.45. The fourth-order valence-corrected chi connectivity index (χ4v) is 7.12. The number of fused-ring (bicyclic) bond motifs is 5. The molecule has 1 heterocycles. The summed E-state index contributed by atoms with van der Waals surface area (Å²) >= 11 is 0. The Balaban J connectivity index is 1.54. The Kier molecular flexibility index (Phi) is 9.22. The van der Waals surface area contributed by atoms with Crippen molar-refractivity contribution >= 4 is 50.0 Å². The minimum atomic E-state index is -0.539. The van der Waals surface area contributed by atoms with E-state index >= 15 is 0 Å². The van der Waals surface area contributed by atoms with E-state index in [4.69, 9.17) is 14.3 Å². The highest BCUT2D eigenvalue weighted by atomic mass is 16.7. The standard InChI is InChI=1S/C44H38N2O5/c1-27-23-28(2)41(29(3)24-27)44(48)38-26-37-36-25-31(42(45-51-30(4)47)35-17-11-12-18-40(35)50-22-21-49-5)19-20-39(36)46(32-13-7-6-8-14-32)43(37)34-16-10-9-15-33(34)38/h6-20,23-26H,21-22H2,1-5H3/b45-42+. The fraction of sp³-hybridized carbons (Fsp3) is 0.159. The lowest BCUT2D eigenvalue weighted by molar-refractivity contribution is -0.140. The fourth-order valence-electron chi connectivity index (χ4n) is 7.12. The average molecular weight is 675 g/mol. The van der Waals surface area contributed by atoms with Gasteiger partial charge in [0, 0.05) is 58.1 Å². The Morgan fingerprint density at radius 3 is 2.10 bits per heavy atom. The molecule has 0 fully saturated rings. The summed E-state index contributed by atoms with van der Waals surface area (Å²) in [5, 5.41) is 8.04. The summed E-state index contributed by atoms with van der Waals surface area (Å²) in [5.41, 5.74) is 9.12. The summed E-state index contributed by atoms with van der Waals surface area (Å²) in [7, 11) is 1.62. The summed E-state index contributed by atoms with van der Waals surface area (Å²) in [6.45, 7) is 8.12. The molecule has 7 rings (SSSR count). The van der Waals surface area contributed by atoms with Gasteiger partial charge in [-0.1, -0.05) is 83.5 Å². The summed E-state index contributed by atoms with van der Waals surface area (Å²) < 4.78 is 13.5. The van der Waals surface area contributed by atoms with Crippen LogP contribution >= 0.6 is 0 Å². The summed E-state index contributed by atoms with van der Waals surface area (Å²) in [6.07, 6.45) is 0. The number of hydrogen-bond acceptors (Lipinski definition) is 6. The number of ketones is 1. The number of carbonyl (C=O) groups excluding carboxylic acids is 2. The van der Waals surface area contributed by atoms with Crippen molar-refractivity contribution in [2.24, 2.45) is 5.16 Å². The third-order valence-electron chi connectivity index (χ3n) is 9.16. The lowest BCUT2D eigenvalue weighted by atomic mass is 9.89. The number of aryl methyl sites for hydroxylation is 3. The SMILES string of the molecule is COCCOc1ccccc1/C(=N/OC(C)=O)c1ccc2c(c1)c1cc(C(=O)c3c(C)cc(C)cc3C)c3ccccc3c1n2-c1ccccc1. The summed E-state index contributed by atoms with van der Waals surface area (Å²) in [4.78, 5) is 32.0. The van der Waals surface area contributed by atoms with Crippen LogP contribution in [0.15, 0.2) is 120 Å². The first kappa shape index (κ1) is 33.4. The first-order valence-electron chi connectivity index (χ1n) is 16.9. The van der Waals surface area contributed by atoms with Gasteiger partial charge in [0.1, 0.15) is 18.1 Å². The zero-order valence-corrected chi connectivity index (χ0v) is 29.3. The molecule has 0 saturated heterocycles. The summed E-state index contributed by atoms with van der Waals surface area (Å²) in [6, 6.07) is 38.1. The topological polar surface area (TPSA) is 79.1 Å². The Hall–Kier alpha value is -6.05. The number of ether oxygens (including phenoxy) is 2. The molecule has 51 heavy (non-hydrogen) atoms. The lowest BCUT2D eigenvalue weighted by Gasteiger charge is -2.14.